The van der Waals surface area contributed by atoms with Crippen LogP contribution in [-0.4, -0.2) is 46.0 Å². The van der Waals surface area contributed by atoms with Crippen molar-refractivity contribution in [1.82, 2.24) is 4.90 Å². The molecule has 8 nitrogen and oxygen atoms in total. The van der Waals surface area contributed by atoms with Crippen molar-refractivity contribution in [2.24, 2.45) is 5.92 Å². The van der Waals surface area contributed by atoms with E-state index < -0.39 is 22.9 Å². The molecule has 8 heteroatoms. The van der Waals surface area contributed by atoms with Gasteiger partial charge in [-0.05, 0) is 19.4 Å². The van der Waals surface area contributed by atoms with Gasteiger partial charge in [0.1, 0.15) is 0 Å². The van der Waals surface area contributed by atoms with Crippen molar-refractivity contribution < 1.29 is 24.4 Å². The molecule has 118 valence electrons. The summed E-state index contributed by atoms with van der Waals surface area (Å²) in [6.45, 7) is 1.66. The molecule has 1 aromatic carbocycles. The van der Waals surface area contributed by atoms with Crippen LogP contribution in [0.25, 0.3) is 0 Å². The van der Waals surface area contributed by atoms with E-state index in [2.05, 4.69) is 0 Å². The highest BCUT2D eigenvalue weighted by Crippen LogP contribution is 2.27. The monoisotopic (exact) mass is 308 g/mol. The number of carboxylic acid groups (broad SMARTS) is 1. The molecular formula is C14H16N2O6. The van der Waals surface area contributed by atoms with Crippen LogP contribution >= 0.6 is 0 Å². The quantitative estimate of drug-likeness (QED) is 0.648. The molecule has 22 heavy (non-hydrogen) atoms. The first-order chi connectivity index (χ1) is 10.4. The fourth-order valence-electron chi connectivity index (χ4n) is 2.57. The van der Waals surface area contributed by atoms with Crippen LogP contribution in [0, 0.1) is 16.0 Å². The lowest BCUT2D eigenvalue weighted by Crippen LogP contribution is -2.40. The zero-order valence-electron chi connectivity index (χ0n) is 12.0. The minimum Gasteiger partial charge on any atom is -0.481 e. The van der Waals surface area contributed by atoms with Gasteiger partial charge in [-0.3, -0.25) is 19.7 Å². The fraction of sp³-hybridized carbons (Fsp3) is 0.429. The number of nitrogens with zero attached hydrogens (tertiary/aromatic N) is 2. The SMILES string of the molecule is CC1C(C(=O)O)CCN1C(=O)COc1ccccc1[N+](=O)[O-]. The normalized spacial score (nSPS) is 20.7. The zero-order chi connectivity index (χ0) is 16.3. The molecular weight excluding hydrogens is 292 g/mol. The van der Waals surface area contributed by atoms with E-state index in [1.54, 1.807) is 13.0 Å². The lowest BCUT2D eigenvalue weighted by Gasteiger charge is -2.23. The van der Waals surface area contributed by atoms with Crippen LogP contribution in [0.5, 0.6) is 5.75 Å². The molecule has 0 bridgehead atoms. The van der Waals surface area contributed by atoms with Crippen molar-refractivity contribution in [3.05, 3.63) is 34.4 Å². The Morgan fingerprint density at radius 2 is 2.14 bits per heavy atom. The second kappa shape index (κ2) is 6.42. The number of carbonyl (C=O) groups excluding carboxylic acids is 1. The van der Waals surface area contributed by atoms with Crippen LogP contribution in [0.1, 0.15) is 13.3 Å². The molecule has 2 atom stereocenters. The van der Waals surface area contributed by atoms with E-state index in [-0.39, 0.29) is 24.0 Å². The van der Waals surface area contributed by atoms with Gasteiger partial charge in [0.15, 0.2) is 12.4 Å². The Morgan fingerprint density at radius 1 is 1.45 bits per heavy atom. The number of para-hydroxylation sites is 2. The van der Waals surface area contributed by atoms with Gasteiger partial charge >= 0.3 is 11.7 Å². The van der Waals surface area contributed by atoms with Gasteiger partial charge < -0.3 is 14.7 Å². The third-order valence-electron chi connectivity index (χ3n) is 3.81. The summed E-state index contributed by atoms with van der Waals surface area (Å²) in [5, 5.41) is 19.9. The van der Waals surface area contributed by atoms with Gasteiger partial charge in [0.2, 0.25) is 0 Å². The number of nitro benzene ring substituents is 1. The van der Waals surface area contributed by atoms with Crippen molar-refractivity contribution in [2.75, 3.05) is 13.2 Å². The summed E-state index contributed by atoms with van der Waals surface area (Å²) in [7, 11) is 0. The molecule has 0 aromatic heterocycles. The van der Waals surface area contributed by atoms with E-state index in [1.165, 1.54) is 23.1 Å². The molecule has 0 radical (unpaired) electrons. The van der Waals surface area contributed by atoms with Crippen molar-refractivity contribution in [1.29, 1.82) is 0 Å². The molecule has 0 spiro atoms. The molecule has 1 aromatic rings. The number of hydrogen-bond donors (Lipinski definition) is 1. The van der Waals surface area contributed by atoms with E-state index in [1.807, 2.05) is 0 Å². The van der Waals surface area contributed by atoms with E-state index in [0.29, 0.717) is 13.0 Å². The first-order valence-electron chi connectivity index (χ1n) is 6.80. The van der Waals surface area contributed by atoms with E-state index in [0.717, 1.165) is 0 Å². The molecule has 0 aliphatic carbocycles. The molecule has 1 amide bonds. The summed E-state index contributed by atoms with van der Waals surface area (Å²) in [6.07, 6.45) is 0.397. The van der Waals surface area contributed by atoms with Crippen LogP contribution in [0.2, 0.25) is 0 Å². The number of likely N-dealkylation sites (tertiary alicyclic amines) is 1. The van der Waals surface area contributed by atoms with Crippen molar-refractivity contribution in [2.45, 2.75) is 19.4 Å². The summed E-state index contributed by atoms with van der Waals surface area (Å²) >= 11 is 0. The third kappa shape index (κ3) is 3.16. The van der Waals surface area contributed by atoms with Crippen LogP contribution < -0.4 is 4.74 Å². The largest absolute Gasteiger partial charge is 0.481 e. The average Bonchev–Trinajstić information content (AvgIpc) is 2.87. The van der Waals surface area contributed by atoms with Gasteiger partial charge in [-0.1, -0.05) is 12.1 Å². The Morgan fingerprint density at radius 3 is 2.73 bits per heavy atom. The maximum Gasteiger partial charge on any atom is 0.310 e. The third-order valence-corrected chi connectivity index (χ3v) is 3.81. The Bertz CT molecular complexity index is 603. The van der Waals surface area contributed by atoms with Gasteiger partial charge in [0.05, 0.1) is 10.8 Å². The standard InChI is InChI=1S/C14H16N2O6/c1-9-10(14(18)19)6-7-15(9)13(17)8-22-12-5-3-2-4-11(12)16(20)21/h2-5,9-10H,6-8H2,1H3,(H,18,19). The maximum atomic E-state index is 12.1. The zero-order valence-corrected chi connectivity index (χ0v) is 12.0. The van der Waals surface area contributed by atoms with Crippen LogP contribution in [0.15, 0.2) is 24.3 Å². The number of amides is 1. The van der Waals surface area contributed by atoms with Crippen molar-refractivity contribution in [3.8, 4) is 5.75 Å². The maximum absolute atomic E-state index is 12.1. The van der Waals surface area contributed by atoms with E-state index >= 15 is 0 Å². The van der Waals surface area contributed by atoms with Gasteiger partial charge in [-0.15, -0.1) is 0 Å². The number of carboxylic acids is 1. The van der Waals surface area contributed by atoms with Crippen molar-refractivity contribution >= 4 is 17.6 Å². The summed E-state index contributed by atoms with van der Waals surface area (Å²) in [5.41, 5.74) is -0.215. The number of aliphatic carboxylic acids is 1. The minimum absolute atomic E-state index is 0.0162. The molecule has 1 heterocycles. The molecule has 1 fully saturated rings. The highest BCUT2D eigenvalue weighted by Gasteiger charge is 2.38. The number of carbonyl (C=O) groups is 2. The fourth-order valence-corrected chi connectivity index (χ4v) is 2.57. The van der Waals surface area contributed by atoms with Crippen molar-refractivity contribution in [3.63, 3.8) is 0 Å². The summed E-state index contributed by atoms with van der Waals surface area (Å²) < 4.78 is 5.24. The molecule has 2 rings (SSSR count). The number of ether oxygens (including phenoxy) is 1. The number of benzene rings is 1. The summed E-state index contributed by atoms with van der Waals surface area (Å²) in [4.78, 5) is 34.9. The smallest absolute Gasteiger partial charge is 0.310 e. The number of rotatable bonds is 5. The van der Waals surface area contributed by atoms with E-state index in [9.17, 15) is 19.7 Å². The molecule has 2 unspecified atom stereocenters. The second-order valence-corrected chi connectivity index (χ2v) is 5.07. The van der Waals surface area contributed by atoms with Crippen LogP contribution in [-0.2, 0) is 9.59 Å². The summed E-state index contributed by atoms with van der Waals surface area (Å²) in [5.74, 6) is -1.88. The van der Waals surface area contributed by atoms with Gasteiger partial charge in [0.25, 0.3) is 5.91 Å². The molecule has 1 saturated heterocycles. The first-order valence-corrected chi connectivity index (χ1v) is 6.80. The predicted molar refractivity (Wildman–Crippen MR) is 75.5 cm³/mol. The Labute approximate surface area is 126 Å². The lowest BCUT2D eigenvalue weighted by atomic mass is 10.0. The number of nitro groups is 1. The molecule has 1 aliphatic rings. The predicted octanol–water partition coefficient (Wildman–Crippen LogP) is 1.30. The average molecular weight is 308 g/mol. The minimum atomic E-state index is -0.928. The Balaban J connectivity index is 2.00. The first kappa shape index (κ1) is 15.7. The summed E-state index contributed by atoms with van der Waals surface area (Å²) in [6, 6.07) is 5.37. The molecule has 1 N–H and O–H groups in total. The Kier molecular flexibility index (Phi) is 4.59. The highest BCUT2D eigenvalue weighted by molar-refractivity contribution is 5.80. The second-order valence-electron chi connectivity index (χ2n) is 5.07. The molecule has 0 saturated carbocycles. The topological polar surface area (TPSA) is 110 Å². The number of hydrogen-bond acceptors (Lipinski definition) is 5. The van der Waals surface area contributed by atoms with E-state index in [4.69, 9.17) is 9.84 Å². The molecule has 1 aliphatic heterocycles. The van der Waals surface area contributed by atoms with Crippen LogP contribution in [0.4, 0.5) is 5.69 Å². The van der Waals surface area contributed by atoms with Gasteiger partial charge in [-0.25, -0.2) is 0 Å². The van der Waals surface area contributed by atoms with Gasteiger partial charge in [0, 0.05) is 18.7 Å². The Hall–Kier alpha value is -2.64. The van der Waals surface area contributed by atoms with Gasteiger partial charge in [-0.2, -0.15) is 0 Å². The lowest BCUT2D eigenvalue weighted by molar-refractivity contribution is -0.385. The van der Waals surface area contributed by atoms with Crippen LogP contribution in [0.3, 0.4) is 0 Å². The highest BCUT2D eigenvalue weighted by atomic mass is 16.6.